The van der Waals surface area contributed by atoms with Crippen LogP contribution >= 0.6 is 0 Å². The Balaban J connectivity index is 1.70. The third-order valence-electron chi connectivity index (χ3n) is 2.36. The molecule has 0 aliphatic heterocycles. The van der Waals surface area contributed by atoms with Gasteiger partial charge in [0.1, 0.15) is 5.82 Å². The summed E-state index contributed by atoms with van der Waals surface area (Å²) in [6.07, 6.45) is 7.27. The van der Waals surface area contributed by atoms with Crippen molar-refractivity contribution >= 4 is 0 Å². The highest BCUT2D eigenvalue weighted by molar-refractivity contribution is 5.04. The normalized spacial score (nSPS) is 10.7. The van der Waals surface area contributed by atoms with Crippen LogP contribution in [0.2, 0.25) is 0 Å². The molecule has 0 spiro atoms. The van der Waals surface area contributed by atoms with Gasteiger partial charge in [-0.2, -0.15) is 0 Å². The number of nitrogens with one attached hydrogen (secondary N) is 1. The van der Waals surface area contributed by atoms with Gasteiger partial charge in [-0.05, 0) is 13.0 Å². The predicted molar refractivity (Wildman–Crippen MR) is 57.4 cm³/mol. The second-order valence-electron chi connectivity index (χ2n) is 3.48. The Labute approximate surface area is 88.9 Å². The van der Waals surface area contributed by atoms with Crippen LogP contribution in [0.3, 0.4) is 0 Å². The number of imidazole rings is 1. The molecule has 2 aromatic rings. The smallest absolute Gasteiger partial charge is 0.105 e. The van der Waals surface area contributed by atoms with Crippen molar-refractivity contribution in [3.05, 3.63) is 42.4 Å². The summed E-state index contributed by atoms with van der Waals surface area (Å²) in [7, 11) is 0. The minimum atomic E-state index is 0.851. The van der Waals surface area contributed by atoms with Crippen molar-refractivity contribution in [3.63, 3.8) is 0 Å². The lowest BCUT2D eigenvalue weighted by atomic mass is 10.3. The quantitative estimate of drug-likeness (QED) is 0.753. The lowest BCUT2D eigenvalue weighted by molar-refractivity contribution is 0.554. The molecule has 0 fully saturated rings. The maximum atomic E-state index is 4.98. The van der Waals surface area contributed by atoms with Crippen LogP contribution in [0, 0.1) is 6.92 Å². The van der Waals surface area contributed by atoms with Gasteiger partial charge < -0.3 is 14.3 Å². The molecule has 0 atom stereocenters. The Morgan fingerprint density at radius 3 is 3.13 bits per heavy atom. The molecule has 0 aromatic carbocycles. The molecule has 2 heterocycles. The third kappa shape index (κ3) is 2.70. The van der Waals surface area contributed by atoms with Gasteiger partial charge in [0, 0.05) is 37.6 Å². The lowest BCUT2D eigenvalue weighted by Crippen LogP contribution is -2.19. The van der Waals surface area contributed by atoms with Crippen molar-refractivity contribution < 1.29 is 4.42 Å². The summed E-state index contributed by atoms with van der Waals surface area (Å²) < 4.78 is 7.11. The number of hydrogen-bond acceptors (Lipinski definition) is 3. The van der Waals surface area contributed by atoms with E-state index in [9.17, 15) is 0 Å². The van der Waals surface area contributed by atoms with E-state index in [-0.39, 0.29) is 0 Å². The fraction of sp³-hybridized carbons (Fsp3) is 0.364. The molecule has 80 valence electrons. The van der Waals surface area contributed by atoms with Gasteiger partial charge in [0.15, 0.2) is 0 Å². The zero-order chi connectivity index (χ0) is 10.5. The first-order valence-corrected chi connectivity index (χ1v) is 5.06. The van der Waals surface area contributed by atoms with Crippen molar-refractivity contribution in [1.82, 2.24) is 14.9 Å². The molecule has 2 aromatic heterocycles. The molecule has 0 bridgehead atoms. The van der Waals surface area contributed by atoms with Crippen LogP contribution in [-0.4, -0.2) is 16.1 Å². The maximum Gasteiger partial charge on any atom is 0.105 e. The summed E-state index contributed by atoms with van der Waals surface area (Å²) in [5.41, 5.74) is 1.18. The lowest BCUT2D eigenvalue weighted by Gasteiger charge is -2.05. The predicted octanol–water partition coefficient (Wildman–Crippen LogP) is 1.57. The van der Waals surface area contributed by atoms with Crippen molar-refractivity contribution in [2.24, 2.45) is 0 Å². The average Bonchev–Trinajstić information content (AvgIpc) is 2.85. The summed E-state index contributed by atoms with van der Waals surface area (Å²) in [5, 5.41) is 3.34. The molecule has 15 heavy (non-hydrogen) atoms. The molecule has 0 aliphatic rings. The monoisotopic (exact) mass is 205 g/mol. The molecule has 0 saturated carbocycles. The second kappa shape index (κ2) is 4.79. The molecule has 1 N–H and O–H groups in total. The molecule has 0 amide bonds. The van der Waals surface area contributed by atoms with Gasteiger partial charge in [0.05, 0.1) is 12.5 Å². The number of aromatic nitrogens is 2. The van der Waals surface area contributed by atoms with E-state index in [4.69, 9.17) is 4.42 Å². The Morgan fingerprint density at radius 2 is 2.47 bits per heavy atom. The highest BCUT2D eigenvalue weighted by Crippen LogP contribution is 1.98. The Bertz CT molecular complexity index is 392. The van der Waals surface area contributed by atoms with Crippen LogP contribution in [-0.2, 0) is 13.1 Å². The Hall–Kier alpha value is -1.55. The van der Waals surface area contributed by atoms with Gasteiger partial charge in [-0.25, -0.2) is 4.98 Å². The zero-order valence-corrected chi connectivity index (χ0v) is 8.81. The van der Waals surface area contributed by atoms with Crippen LogP contribution in [0.15, 0.2) is 35.4 Å². The van der Waals surface area contributed by atoms with Crippen molar-refractivity contribution in [1.29, 1.82) is 0 Å². The highest BCUT2D eigenvalue weighted by atomic mass is 16.3. The standard InChI is InChI=1S/C11H15N3O/c1-10-13-4-6-14(10)5-3-12-8-11-2-7-15-9-11/h2,4,6-7,9,12H,3,5,8H2,1H3. The number of rotatable bonds is 5. The van der Waals surface area contributed by atoms with Crippen LogP contribution in [0.25, 0.3) is 0 Å². The number of aryl methyl sites for hydroxylation is 1. The minimum absolute atomic E-state index is 0.851. The van der Waals surface area contributed by atoms with E-state index >= 15 is 0 Å². The van der Waals surface area contributed by atoms with E-state index in [2.05, 4.69) is 14.9 Å². The summed E-state index contributed by atoms with van der Waals surface area (Å²) in [5.74, 6) is 1.06. The topological polar surface area (TPSA) is 43.0 Å². The Kier molecular flexibility index (Phi) is 3.19. The van der Waals surface area contributed by atoms with E-state index in [0.29, 0.717) is 0 Å². The van der Waals surface area contributed by atoms with Gasteiger partial charge in [-0.15, -0.1) is 0 Å². The third-order valence-corrected chi connectivity index (χ3v) is 2.36. The van der Waals surface area contributed by atoms with E-state index in [1.165, 1.54) is 5.56 Å². The number of nitrogens with zero attached hydrogens (tertiary/aromatic N) is 2. The fourth-order valence-corrected chi connectivity index (χ4v) is 1.47. The van der Waals surface area contributed by atoms with E-state index in [0.717, 1.165) is 25.5 Å². The molecular weight excluding hydrogens is 190 g/mol. The van der Waals surface area contributed by atoms with Gasteiger partial charge in [-0.3, -0.25) is 0 Å². The second-order valence-corrected chi connectivity index (χ2v) is 3.48. The summed E-state index contributed by atoms with van der Waals surface area (Å²) in [6, 6.07) is 1.97. The first-order chi connectivity index (χ1) is 7.36. The fourth-order valence-electron chi connectivity index (χ4n) is 1.47. The van der Waals surface area contributed by atoms with Crippen LogP contribution < -0.4 is 5.32 Å². The van der Waals surface area contributed by atoms with Gasteiger partial charge >= 0.3 is 0 Å². The van der Waals surface area contributed by atoms with E-state index in [1.54, 1.807) is 12.5 Å². The van der Waals surface area contributed by atoms with Crippen LogP contribution in [0.4, 0.5) is 0 Å². The molecule has 0 radical (unpaired) electrons. The van der Waals surface area contributed by atoms with Crippen LogP contribution in [0.5, 0.6) is 0 Å². The SMILES string of the molecule is Cc1nccn1CCNCc1ccoc1. The van der Waals surface area contributed by atoms with Crippen molar-refractivity contribution in [2.75, 3.05) is 6.54 Å². The number of hydrogen-bond donors (Lipinski definition) is 1. The van der Waals surface area contributed by atoms with Gasteiger partial charge in [0.2, 0.25) is 0 Å². The first kappa shape index (κ1) is 9.98. The molecule has 4 nitrogen and oxygen atoms in total. The van der Waals surface area contributed by atoms with E-state index in [1.807, 2.05) is 25.4 Å². The summed E-state index contributed by atoms with van der Waals surface area (Å²) in [4.78, 5) is 4.17. The first-order valence-electron chi connectivity index (χ1n) is 5.06. The summed E-state index contributed by atoms with van der Waals surface area (Å²) in [6.45, 7) is 4.74. The van der Waals surface area contributed by atoms with Crippen molar-refractivity contribution in [3.8, 4) is 0 Å². The molecule has 2 rings (SSSR count). The molecule has 0 saturated heterocycles. The maximum absolute atomic E-state index is 4.98. The Morgan fingerprint density at radius 1 is 1.53 bits per heavy atom. The summed E-state index contributed by atoms with van der Waals surface area (Å²) >= 11 is 0. The van der Waals surface area contributed by atoms with Gasteiger partial charge in [-0.1, -0.05) is 0 Å². The van der Waals surface area contributed by atoms with Crippen molar-refractivity contribution in [2.45, 2.75) is 20.0 Å². The molecule has 0 aliphatic carbocycles. The number of furan rings is 1. The average molecular weight is 205 g/mol. The van der Waals surface area contributed by atoms with Gasteiger partial charge in [0.25, 0.3) is 0 Å². The molecule has 4 heteroatoms. The molecular formula is C11H15N3O. The minimum Gasteiger partial charge on any atom is -0.472 e. The largest absolute Gasteiger partial charge is 0.472 e. The van der Waals surface area contributed by atoms with Crippen LogP contribution in [0.1, 0.15) is 11.4 Å². The zero-order valence-electron chi connectivity index (χ0n) is 8.81. The molecule has 0 unspecified atom stereocenters. The van der Waals surface area contributed by atoms with E-state index < -0.39 is 0 Å². The highest BCUT2D eigenvalue weighted by Gasteiger charge is 1.96.